The average Bonchev–Trinajstić information content (AvgIpc) is 2.41. The van der Waals surface area contributed by atoms with E-state index in [1.165, 1.54) is 19.6 Å². The number of carbonyl (C=O) groups is 1. The predicted molar refractivity (Wildman–Crippen MR) is 37.7 cm³/mol. The molecule has 0 aliphatic carbocycles. The quantitative estimate of drug-likeness (QED) is 0.497. The van der Waals surface area contributed by atoms with Crippen LogP contribution in [0.25, 0.3) is 0 Å². The molecule has 1 rings (SSSR count). The summed E-state index contributed by atoms with van der Waals surface area (Å²) in [6.07, 6.45) is 2.96. The van der Waals surface area contributed by atoms with Crippen molar-refractivity contribution in [3.8, 4) is 0 Å². The number of hydrogen-bond donors (Lipinski definition) is 3. The monoisotopic (exact) mass is 158 g/mol. The lowest BCUT2D eigenvalue weighted by atomic mass is 10.4. The molecule has 0 aliphatic rings. The van der Waals surface area contributed by atoms with Crippen molar-refractivity contribution in [1.29, 1.82) is 0 Å². The highest BCUT2D eigenvalue weighted by molar-refractivity contribution is 5.72. The van der Waals surface area contributed by atoms with E-state index in [0.717, 1.165) is 0 Å². The van der Waals surface area contributed by atoms with Crippen molar-refractivity contribution >= 4 is 5.97 Å². The molecule has 0 spiro atoms. The van der Waals surface area contributed by atoms with E-state index in [9.17, 15) is 4.79 Å². The maximum atomic E-state index is 9.57. The van der Waals surface area contributed by atoms with Gasteiger partial charge < -0.3 is 10.8 Å². The number of carboxylic acids is 1. The molecule has 62 valence electrons. The Labute approximate surface area is 63.4 Å². The lowest BCUT2D eigenvalue weighted by Crippen LogP contribution is -2.25. The molecular formula is C5H10N4O2. The van der Waals surface area contributed by atoms with Crippen molar-refractivity contribution < 1.29 is 9.90 Å². The summed E-state index contributed by atoms with van der Waals surface area (Å²) in [6, 6.07) is -0.731. The molecular weight excluding hydrogens is 148 g/mol. The van der Waals surface area contributed by atoms with E-state index in [0.29, 0.717) is 0 Å². The van der Waals surface area contributed by atoms with Crippen LogP contribution in [0.5, 0.6) is 0 Å². The number of rotatable bonds is 1. The molecule has 1 heterocycles. The highest BCUT2D eigenvalue weighted by Gasteiger charge is 1.99. The molecule has 1 atom stereocenters. The van der Waals surface area contributed by atoms with Crippen LogP contribution in [-0.2, 0) is 4.79 Å². The minimum atomic E-state index is -0.963. The summed E-state index contributed by atoms with van der Waals surface area (Å²) in [5.41, 5.74) is 4.84. The SMILES string of the molecule is CC(N)C(=O)O.c1nc[nH]n1. The van der Waals surface area contributed by atoms with Gasteiger partial charge in [0.2, 0.25) is 0 Å². The number of nitrogens with one attached hydrogen (secondary N) is 1. The molecule has 0 saturated heterocycles. The number of aromatic nitrogens is 3. The molecule has 0 fully saturated rings. The summed E-state index contributed by atoms with van der Waals surface area (Å²) in [4.78, 5) is 13.1. The van der Waals surface area contributed by atoms with E-state index >= 15 is 0 Å². The van der Waals surface area contributed by atoms with Gasteiger partial charge in [0.15, 0.2) is 0 Å². The lowest BCUT2D eigenvalue weighted by Gasteiger charge is -1.90. The molecule has 6 nitrogen and oxygen atoms in total. The number of nitrogens with two attached hydrogens (primary N) is 1. The number of H-pyrrole nitrogens is 1. The molecule has 4 N–H and O–H groups in total. The largest absolute Gasteiger partial charge is 0.480 e. The maximum absolute atomic E-state index is 9.57. The van der Waals surface area contributed by atoms with E-state index < -0.39 is 12.0 Å². The van der Waals surface area contributed by atoms with Crippen molar-refractivity contribution in [3.63, 3.8) is 0 Å². The highest BCUT2D eigenvalue weighted by atomic mass is 16.4. The molecule has 11 heavy (non-hydrogen) atoms. The second kappa shape index (κ2) is 5.36. The molecule has 0 aromatic carbocycles. The summed E-state index contributed by atoms with van der Waals surface area (Å²) in [5.74, 6) is -0.963. The third-order valence-corrected chi connectivity index (χ3v) is 0.721. The van der Waals surface area contributed by atoms with E-state index in [4.69, 9.17) is 10.8 Å². The lowest BCUT2D eigenvalue weighted by molar-refractivity contribution is -0.138. The van der Waals surface area contributed by atoms with Gasteiger partial charge in [-0.05, 0) is 6.92 Å². The normalized spacial score (nSPS) is 11.1. The number of carboxylic acid groups (broad SMARTS) is 1. The van der Waals surface area contributed by atoms with Crippen LogP contribution in [0.1, 0.15) is 6.92 Å². The first kappa shape index (κ1) is 9.57. The van der Waals surface area contributed by atoms with Crippen molar-refractivity contribution in [2.24, 2.45) is 5.73 Å². The van der Waals surface area contributed by atoms with Crippen LogP contribution in [-0.4, -0.2) is 32.3 Å². The minimum Gasteiger partial charge on any atom is -0.480 e. The van der Waals surface area contributed by atoms with Gasteiger partial charge in [-0.1, -0.05) is 0 Å². The van der Waals surface area contributed by atoms with Gasteiger partial charge in [-0.3, -0.25) is 9.89 Å². The molecule has 0 amide bonds. The summed E-state index contributed by atoms with van der Waals surface area (Å²) in [5, 5.41) is 13.9. The number of hydrogen-bond acceptors (Lipinski definition) is 4. The Morgan fingerprint density at radius 3 is 2.45 bits per heavy atom. The first-order valence-corrected chi connectivity index (χ1v) is 2.91. The van der Waals surface area contributed by atoms with Gasteiger partial charge in [-0.15, -0.1) is 0 Å². The summed E-state index contributed by atoms with van der Waals surface area (Å²) in [7, 11) is 0. The van der Waals surface area contributed by atoms with Crippen LogP contribution >= 0.6 is 0 Å². The Morgan fingerprint density at radius 2 is 2.36 bits per heavy atom. The summed E-state index contributed by atoms with van der Waals surface area (Å²) in [6.45, 7) is 1.42. The maximum Gasteiger partial charge on any atom is 0.320 e. The number of aliphatic carboxylic acids is 1. The third-order valence-electron chi connectivity index (χ3n) is 0.721. The van der Waals surface area contributed by atoms with Crippen LogP contribution < -0.4 is 5.73 Å². The number of aromatic amines is 1. The van der Waals surface area contributed by atoms with E-state index in [-0.39, 0.29) is 0 Å². The van der Waals surface area contributed by atoms with Crippen LogP contribution in [0.4, 0.5) is 0 Å². The highest BCUT2D eigenvalue weighted by Crippen LogP contribution is 1.68. The van der Waals surface area contributed by atoms with E-state index in [1.807, 2.05) is 0 Å². The van der Waals surface area contributed by atoms with Crippen molar-refractivity contribution in [1.82, 2.24) is 15.2 Å². The van der Waals surface area contributed by atoms with Crippen molar-refractivity contribution in [2.75, 3.05) is 0 Å². The van der Waals surface area contributed by atoms with Gasteiger partial charge in [0, 0.05) is 0 Å². The van der Waals surface area contributed by atoms with Crippen LogP contribution in [0.2, 0.25) is 0 Å². The first-order valence-electron chi connectivity index (χ1n) is 2.91. The van der Waals surface area contributed by atoms with E-state index in [2.05, 4.69) is 15.2 Å². The third kappa shape index (κ3) is 6.46. The Bertz CT molecular complexity index is 167. The molecule has 1 unspecified atom stereocenters. The van der Waals surface area contributed by atoms with Gasteiger partial charge in [0.25, 0.3) is 0 Å². The molecule has 6 heteroatoms. The fraction of sp³-hybridized carbons (Fsp3) is 0.400. The molecule has 0 radical (unpaired) electrons. The zero-order valence-electron chi connectivity index (χ0n) is 6.06. The molecule has 1 aromatic rings. The Morgan fingerprint density at radius 1 is 1.82 bits per heavy atom. The fourth-order valence-electron chi connectivity index (χ4n) is 0.167. The van der Waals surface area contributed by atoms with Crippen LogP contribution in [0, 0.1) is 0 Å². The fourth-order valence-corrected chi connectivity index (χ4v) is 0.167. The molecule has 1 aromatic heterocycles. The standard InChI is InChI=1S/C3H7NO2.C2H3N3/c1-2(4)3(5)6;1-3-2-5-4-1/h2H,4H2,1H3,(H,5,6);1-2H,(H,3,4,5). The van der Waals surface area contributed by atoms with E-state index in [1.54, 1.807) is 0 Å². The minimum absolute atomic E-state index is 0.731. The van der Waals surface area contributed by atoms with Gasteiger partial charge in [0.1, 0.15) is 18.7 Å². The zero-order valence-corrected chi connectivity index (χ0v) is 6.06. The zero-order chi connectivity index (χ0) is 8.69. The van der Waals surface area contributed by atoms with Crippen molar-refractivity contribution in [2.45, 2.75) is 13.0 Å². The van der Waals surface area contributed by atoms with Gasteiger partial charge in [-0.2, -0.15) is 5.10 Å². The second-order valence-corrected chi connectivity index (χ2v) is 1.78. The van der Waals surface area contributed by atoms with Crippen LogP contribution in [0.15, 0.2) is 12.7 Å². The topological polar surface area (TPSA) is 105 Å². The van der Waals surface area contributed by atoms with Gasteiger partial charge in [0.05, 0.1) is 0 Å². The Kier molecular flexibility index (Phi) is 4.67. The molecule has 0 aliphatic heterocycles. The van der Waals surface area contributed by atoms with Crippen LogP contribution in [0.3, 0.4) is 0 Å². The second-order valence-electron chi connectivity index (χ2n) is 1.78. The first-order chi connectivity index (χ1) is 5.14. The van der Waals surface area contributed by atoms with Gasteiger partial charge in [-0.25, -0.2) is 4.98 Å². The predicted octanol–water partition coefficient (Wildman–Crippen LogP) is -0.777. The molecule has 0 bridgehead atoms. The van der Waals surface area contributed by atoms with Crippen molar-refractivity contribution in [3.05, 3.63) is 12.7 Å². The average molecular weight is 158 g/mol. The smallest absolute Gasteiger partial charge is 0.320 e. The molecule has 0 saturated carbocycles. The number of nitrogens with zero attached hydrogens (tertiary/aromatic N) is 2. The summed E-state index contributed by atoms with van der Waals surface area (Å²) >= 11 is 0. The Balaban J connectivity index is 0.000000183. The van der Waals surface area contributed by atoms with Gasteiger partial charge >= 0.3 is 5.97 Å². The Hall–Kier alpha value is -1.43. The summed E-state index contributed by atoms with van der Waals surface area (Å²) < 4.78 is 0.